The molecule has 0 aliphatic carbocycles. The molecule has 0 fully saturated rings. The summed E-state index contributed by atoms with van der Waals surface area (Å²) in [4.78, 5) is 0. The van der Waals surface area contributed by atoms with Crippen molar-refractivity contribution in [2.24, 2.45) is 0 Å². The Kier molecular flexibility index (Phi) is 4.38. The second-order valence-electron chi connectivity index (χ2n) is 5.10. The summed E-state index contributed by atoms with van der Waals surface area (Å²) < 4.78 is 7.13. The number of nitrogens with one attached hydrogen (secondary N) is 1. The predicted octanol–water partition coefficient (Wildman–Crippen LogP) is 4.07. The minimum Gasteiger partial charge on any atom is -0.378 e. The van der Waals surface area contributed by atoms with Gasteiger partial charge in [0.2, 0.25) is 0 Å². The highest BCUT2D eigenvalue weighted by atomic mass is 35.5. The minimum atomic E-state index is 0.495. The topological polar surface area (TPSA) is 39.1 Å². The van der Waals surface area contributed by atoms with Gasteiger partial charge in [0.25, 0.3) is 0 Å². The Morgan fingerprint density at radius 2 is 2.19 bits per heavy atom. The van der Waals surface area contributed by atoms with Gasteiger partial charge in [0.15, 0.2) is 0 Å². The van der Waals surface area contributed by atoms with Gasteiger partial charge in [0.05, 0.1) is 23.0 Å². The van der Waals surface area contributed by atoms with Crippen LogP contribution in [0.5, 0.6) is 0 Å². The normalized spacial score (nSPS) is 14.4. The van der Waals surface area contributed by atoms with E-state index in [1.54, 1.807) is 19.2 Å². The summed E-state index contributed by atoms with van der Waals surface area (Å²) in [6, 6.07) is 5.40. The number of anilines is 1. The lowest BCUT2D eigenvalue weighted by Gasteiger charge is -2.11. The van der Waals surface area contributed by atoms with E-state index in [0.717, 1.165) is 43.0 Å². The lowest BCUT2D eigenvalue weighted by atomic mass is 10.1. The number of fused-ring (bicyclic) bond motifs is 1. The van der Waals surface area contributed by atoms with Crippen molar-refractivity contribution >= 4 is 29.0 Å². The van der Waals surface area contributed by atoms with Gasteiger partial charge in [-0.1, -0.05) is 23.2 Å². The number of rotatable bonds is 3. The summed E-state index contributed by atoms with van der Waals surface area (Å²) in [6.07, 6.45) is 3.29. The zero-order valence-electron chi connectivity index (χ0n) is 11.8. The van der Waals surface area contributed by atoms with Crippen LogP contribution in [-0.4, -0.2) is 23.4 Å². The van der Waals surface area contributed by atoms with Crippen molar-refractivity contribution in [1.82, 2.24) is 9.78 Å². The third-order valence-corrected chi connectivity index (χ3v) is 4.18. The Bertz CT molecular complexity index is 655. The van der Waals surface area contributed by atoms with Crippen LogP contribution in [0.4, 0.5) is 5.82 Å². The summed E-state index contributed by atoms with van der Waals surface area (Å²) in [7, 11) is 1.68. The third-order valence-electron chi connectivity index (χ3n) is 3.63. The molecule has 0 amide bonds. The number of halogens is 2. The van der Waals surface area contributed by atoms with Gasteiger partial charge in [-0.3, -0.25) is 0 Å². The smallest absolute Gasteiger partial charge is 0.133 e. The van der Waals surface area contributed by atoms with Gasteiger partial charge >= 0.3 is 0 Å². The molecular weight excluding hydrogens is 309 g/mol. The lowest BCUT2D eigenvalue weighted by Crippen LogP contribution is -2.07. The number of hydrogen-bond acceptors (Lipinski definition) is 3. The first kappa shape index (κ1) is 14.7. The summed E-state index contributed by atoms with van der Waals surface area (Å²) in [6.45, 7) is 1.43. The molecule has 0 radical (unpaired) electrons. The Balaban J connectivity index is 2.15. The van der Waals surface area contributed by atoms with Crippen molar-refractivity contribution in [3.8, 4) is 5.69 Å². The van der Waals surface area contributed by atoms with E-state index in [4.69, 9.17) is 27.9 Å². The highest BCUT2D eigenvalue weighted by molar-refractivity contribution is 6.34. The first-order valence-corrected chi connectivity index (χ1v) is 7.75. The molecule has 0 saturated heterocycles. The lowest BCUT2D eigenvalue weighted by molar-refractivity contribution is 0.180. The number of hydrogen-bond donors (Lipinski definition) is 1. The van der Waals surface area contributed by atoms with E-state index in [1.165, 1.54) is 5.56 Å². The SMILES string of the molecule is COCc1nn(-c2cc(Cl)ccc2Cl)c2c1CCCCN2. The molecule has 1 aromatic carbocycles. The monoisotopic (exact) mass is 325 g/mol. The van der Waals surface area contributed by atoms with Crippen LogP contribution in [0.15, 0.2) is 18.2 Å². The fourth-order valence-corrected chi connectivity index (χ4v) is 3.01. The fourth-order valence-electron chi connectivity index (χ4n) is 2.65. The maximum atomic E-state index is 6.32. The molecule has 0 unspecified atom stereocenters. The highest BCUT2D eigenvalue weighted by Crippen LogP contribution is 2.32. The second-order valence-corrected chi connectivity index (χ2v) is 5.94. The van der Waals surface area contributed by atoms with E-state index in [9.17, 15) is 0 Å². The molecule has 21 heavy (non-hydrogen) atoms. The van der Waals surface area contributed by atoms with Crippen LogP contribution in [0.25, 0.3) is 5.69 Å². The van der Waals surface area contributed by atoms with Gasteiger partial charge in [0, 0.05) is 24.2 Å². The molecule has 0 saturated carbocycles. The van der Waals surface area contributed by atoms with E-state index in [1.807, 2.05) is 10.7 Å². The fraction of sp³-hybridized carbons (Fsp3) is 0.400. The van der Waals surface area contributed by atoms with Crippen molar-refractivity contribution in [3.63, 3.8) is 0 Å². The molecule has 0 atom stereocenters. The molecule has 4 nitrogen and oxygen atoms in total. The molecule has 2 heterocycles. The van der Waals surface area contributed by atoms with Crippen molar-refractivity contribution in [3.05, 3.63) is 39.5 Å². The Hall–Kier alpha value is -1.23. The van der Waals surface area contributed by atoms with Crippen LogP contribution in [-0.2, 0) is 17.8 Å². The number of aromatic nitrogens is 2. The van der Waals surface area contributed by atoms with Crippen molar-refractivity contribution in [2.75, 3.05) is 19.0 Å². The van der Waals surface area contributed by atoms with Gasteiger partial charge in [-0.2, -0.15) is 5.10 Å². The van der Waals surface area contributed by atoms with E-state index in [2.05, 4.69) is 10.4 Å². The summed E-state index contributed by atoms with van der Waals surface area (Å²) >= 11 is 12.4. The molecule has 0 bridgehead atoms. The number of methoxy groups -OCH3 is 1. The Morgan fingerprint density at radius 3 is 3.00 bits per heavy atom. The Labute approximate surface area is 134 Å². The molecule has 2 aromatic rings. The van der Waals surface area contributed by atoms with Gasteiger partial charge in [-0.15, -0.1) is 0 Å². The summed E-state index contributed by atoms with van der Waals surface area (Å²) in [5.41, 5.74) is 2.96. The average molecular weight is 326 g/mol. The van der Waals surface area contributed by atoms with Gasteiger partial charge in [-0.05, 0) is 37.5 Å². The molecule has 1 aliphatic rings. The summed E-state index contributed by atoms with van der Waals surface area (Å²) in [5.74, 6) is 1.00. The predicted molar refractivity (Wildman–Crippen MR) is 85.7 cm³/mol. The highest BCUT2D eigenvalue weighted by Gasteiger charge is 2.21. The molecule has 0 spiro atoms. The van der Waals surface area contributed by atoms with E-state index in [-0.39, 0.29) is 0 Å². The molecule has 6 heteroatoms. The maximum Gasteiger partial charge on any atom is 0.133 e. The van der Waals surface area contributed by atoms with Crippen LogP contribution < -0.4 is 5.32 Å². The molecule has 3 rings (SSSR count). The second kappa shape index (κ2) is 6.26. The van der Waals surface area contributed by atoms with Crippen LogP contribution in [0.3, 0.4) is 0 Å². The first-order chi connectivity index (χ1) is 10.2. The quantitative estimate of drug-likeness (QED) is 0.924. The van der Waals surface area contributed by atoms with E-state index in [0.29, 0.717) is 16.7 Å². The number of benzene rings is 1. The molecule has 1 aromatic heterocycles. The zero-order valence-corrected chi connectivity index (χ0v) is 13.3. The molecule has 112 valence electrons. The van der Waals surface area contributed by atoms with Crippen LogP contribution in [0.2, 0.25) is 10.0 Å². The van der Waals surface area contributed by atoms with Crippen molar-refractivity contribution in [2.45, 2.75) is 25.9 Å². The van der Waals surface area contributed by atoms with Gasteiger partial charge < -0.3 is 10.1 Å². The largest absolute Gasteiger partial charge is 0.378 e. The van der Waals surface area contributed by atoms with Crippen LogP contribution in [0, 0.1) is 0 Å². The summed E-state index contributed by atoms with van der Waals surface area (Å²) in [5, 5.41) is 9.41. The zero-order chi connectivity index (χ0) is 14.8. The van der Waals surface area contributed by atoms with Gasteiger partial charge in [-0.25, -0.2) is 4.68 Å². The molecule has 1 aliphatic heterocycles. The molecular formula is C15H17Cl2N3O. The van der Waals surface area contributed by atoms with Crippen LogP contribution >= 0.6 is 23.2 Å². The van der Waals surface area contributed by atoms with Crippen molar-refractivity contribution in [1.29, 1.82) is 0 Å². The average Bonchev–Trinajstić information content (AvgIpc) is 2.66. The number of ether oxygens (including phenoxy) is 1. The molecule has 1 N–H and O–H groups in total. The van der Waals surface area contributed by atoms with Crippen molar-refractivity contribution < 1.29 is 4.74 Å². The van der Waals surface area contributed by atoms with Crippen LogP contribution in [0.1, 0.15) is 24.1 Å². The van der Waals surface area contributed by atoms with E-state index < -0.39 is 0 Å². The maximum absolute atomic E-state index is 6.32. The van der Waals surface area contributed by atoms with Gasteiger partial charge in [0.1, 0.15) is 5.82 Å². The third kappa shape index (κ3) is 2.89. The standard InChI is InChI=1S/C15H17Cl2N3O/c1-21-9-13-11-4-2-3-7-18-15(11)20(19-13)14-8-10(16)5-6-12(14)17/h5-6,8,18H,2-4,7,9H2,1H3. The van der Waals surface area contributed by atoms with E-state index >= 15 is 0 Å². The Morgan fingerprint density at radius 1 is 1.33 bits per heavy atom. The first-order valence-electron chi connectivity index (χ1n) is 6.99. The minimum absolute atomic E-state index is 0.495. The number of nitrogens with zero attached hydrogens (tertiary/aromatic N) is 2.